The van der Waals surface area contributed by atoms with Gasteiger partial charge in [-0.05, 0) is 55.9 Å². The summed E-state index contributed by atoms with van der Waals surface area (Å²) in [5, 5.41) is 0. The lowest BCUT2D eigenvalue weighted by Gasteiger charge is -2.44. The van der Waals surface area contributed by atoms with E-state index >= 15 is 0 Å². The van der Waals surface area contributed by atoms with Gasteiger partial charge >= 0.3 is 0 Å². The van der Waals surface area contributed by atoms with Gasteiger partial charge in [0.1, 0.15) is 0 Å². The van der Waals surface area contributed by atoms with Gasteiger partial charge in [-0.15, -0.1) is 0 Å². The third kappa shape index (κ3) is 2.71. The maximum absolute atomic E-state index is 6.58. The van der Waals surface area contributed by atoms with E-state index in [0.29, 0.717) is 11.5 Å². The molecule has 0 spiro atoms. The maximum Gasteiger partial charge on any atom is 0.0131 e. The van der Waals surface area contributed by atoms with E-state index in [1.165, 1.54) is 64.5 Å². The first-order valence-corrected chi connectivity index (χ1v) is 8.57. The Bertz CT molecular complexity index is 312. The Hall–Kier alpha value is -0.0800. The molecule has 2 aliphatic carbocycles. The number of nitrogens with two attached hydrogens (primary N) is 1. The van der Waals surface area contributed by atoms with Crippen molar-refractivity contribution in [3.05, 3.63) is 0 Å². The van der Waals surface area contributed by atoms with Crippen LogP contribution in [-0.4, -0.2) is 30.1 Å². The molecule has 4 unspecified atom stereocenters. The van der Waals surface area contributed by atoms with Gasteiger partial charge in [-0.25, -0.2) is 0 Å². The summed E-state index contributed by atoms with van der Waals surface area (Å²) in [5.74, 6) is 1.76. The van der Waals surface area contributed by atoms with Crippen molar-refractivity contribution in [3.63, 3.8) is 0 Å². The molecular formula is C17H32N2. The standard InChI is InChI=1S/C17H32N2/c1-17(2)10-5-7-14(16(17)18)12-19-11-9-13-6-3-4-8-15(13)19/h13-16H,3-12,18H2,1-2H3. The fourth-order valence-corrected chi connectivity index (χ4v) is 5.04. The van der Waals surface area contributed by atoms with Crippen molar-refractivity contribution in [2.45, 2.75) is 77.3 Å². The molecule has 3 fully saturated rings. The van der Waals surface area contributed by atoms with E-state index in [4.69, 9.17) is 5.73 Å². The molecule has 0 amide bonds. The second kappa shape index (κ2) is 5.37. The van der Waals surface area contributed by atoms with Gasteiger partial charge in [-0.3, -0.25) is 4.90 Å². The third-order valence-corrected chi connectivity index (χ3v) is 6.40. The summed E-state index contributed by atoms with van der Waals surface area (Å²) >= 11 is 0. The summed E-state index contributed by atoms with van der Waals surface area (Å²) in [6.07, 6.45) is 11.4. The normalized spacial score (nSPS) is 43.1. The Kier molecular flexibility index (Phi) is 3.92. The van der Waals surface area contributed by atoms with E-state index in [-0.39, 0.29) is 0 Å². The lowest BCUT2D eigenvalue weighted by molar-refractivity contribution is 0.0855. The zero-order chi connectivity index (χ0) is 13.5. The Labute approximate surface area is 119 Å². The van der Waals surface area contributed by atoms with Crippen LogP contribution in [0.4, 0.5) is 0 Å². The molecule has 4 atom stereocenters. The van der Waals surface area contributed by atoms with Crippen LogP contribution in [0.2, 0.25) is 0 Å². The van der Waals surface area contributed by atoms with E-state index in [9.17, 15) is 0 Å². The smallest absolute Gasteiger partial charge is 0.0131 e. The average molecular weight is 264 g/mol. The number of hydrogen-bond acceptors (Lipinski definition) is 2. The largest absolute Gasteiger partial charge is 0.327 e. The molecular weight excluding hydrogens is 232 g/mol. The molecule has 3 aliphatic rings. The molecule has 3 rings (SSSR count). The highest BCUT2D eigenvalue weighted by atomic mass is 15.2. The lowest BCUT2D eigenvalue weighted by Crippen LogP contribution is -2.51. The number of hydrogen-bond donors (Lipinski definition) is 1. The second-order valence-electron chi connectivity index (χ2n) is 8.06. The summed E-state index contributed by atoms with van der Waals surface area (Å²) in [6.45, 7) is 7.37. The minimum atomic E-state index is 0.356. The van der Waals surface area contributed by atoms with Gasteiger partial charge in [0.2, 0.25) is 0 Å². The van der Waals surface area contributed by atoms with Crippen molar-refractivity contribution in [1.29, 1.82) is 0 Å². The van der Waals surface area contributed by atoms with Crippen molar-refractivity contribution in [3.8, 4) is 0 Å². The first-order valence-electron chi connectivity index (χ1n) is 8.57. The molecule has 1 heterocycles. The van der Waals surface area contributed by atoms with E-state index < -0.39 is 0 Å². The summed E-state index contributed by atoms with van der Waals surface area (Å²) in [7, 11) is 0. The van der Waals surface area contributed by atoms with Crippen LogP contribution >= 0.6 is 0 Å². The molecule has 0 radical (unpaired) electrons. The Morgan fingerprint density at radius 1 is 1.05 bits per heavy atom. The quantitative estimate of drug-likeness (QED) is 0.828. The molecule has 19 heavy (non-hydrogen) atoms. The molecule has 2 nitrogen and oxygen atoms in total. The molecule has 0 bridgehead atoms. The monoisotopic (exact) mass is 264 g/mol. The van der Waals surface area contributed by atoms with Crippen molar-refractivity contribution >= 4 is 0 Å². The van der Waals surface area contributed by atoms with Gasteiger partial charge in [0, 0.05) is 18.6 Å². The molecule has 2 heteroatoms. The van der Waals surface area contributed by atoms with Crippen molar-refractivity contribution < 1.29 is 0 Å². The summed E-state index contributed by atoms with van der Waals surface area (Å²) in [5.41, 5.74) is 6.93. The van der Waals surface area contributed by atoms with Gasteiger partial charge in [-0.2, -0.15) is 0 Å². The molecule has 2 saturated carbocycles. The highest BCUT2D eigenvalue weighted by Gasteiger charge is 2.41. The highest BCUT2D eigenvalue weighted by molar-refractivity contribution is 4.96. The summed E-state index contributed by atoms with van der Waals surface area (Å²) < 4.78 is 0. The van der Waals surface area contributed by atoms with Crippen LogP contribution in [0, 0.1) is 17.3 Å². The van der Waals surface area contributed by atoms with Crippen LogP contribution in [0.15, 0.2) is 0 Å². The molecule has 0 aromatic rings. The van der Waals surface area contributed by atoms with Gasteiger partial charge in [0.15, 0.2) is 0 Å². The first kappa shape index (κ1) is 13.9. The van der Waals surface area contributed by atoms with Crippen LogP contribution in [0.25, 0.3) is 0 Å². The molecule has 1 aliphatic heterocycles. The Morgan fingerprint density at radius 2 is 1.84 bits per heavy atom. The van der Waals surface area contributed by atoms with E-state index in [1.54, 1.807) is 0 Å². The van der Waals surface area contributed by atoms with Gasteiger partial charge in [0.25, 0.3) is 0 Å². The predicted octanol–water partition coefficient (Wildman–Crippen LogP) is 3.40. The minimum Gasteiger partial charge on any atom is -0.327 e. The van der Waals surface area contributed by atoms with E-state index in [1.807, 2.05) is 0 Å². The van der Waals surface area contributed by atoms with Crippen LogP contribution in [0.5, 0.6) is 0 Å². The SMILES string of the molecule is CC1(C)CCCC(CN2CCC3CCCCC32)C1N. The number of fused-ring (bicyclic) bond motifs is 1. The van der Waals surface area contributed by atoms with Crippen molar-refractivity contribution in [2.24, 2.45) is 23.0 Å². The maximum atomic E-state index is 6.58. The fraction of sp³-hybridized carbons (Fsp3) is 1.00. The molecule has 1 saturated heterocycles. The highest BCUT2D eigenvalue weighted by Crippen LogP contribution is 2.41. The van der Waals surface area contributed by atoms with Crippen LogP contribution in [0.1, 0.15) is 65.2 Å². The fourth-order valence-electron chi connectivity index (χ4n) is 5.04. The van der Waals surface area contributed by atoms with Crippen molar-refractivity contribution in [1.82, 2.24) is 4.90 Å². The van der Waals surface area contributed by atoms with Crippen LogP contribution in [-0.2, 0) is 0 Å². The predicted molar refractivity (Wildman–Crippen MR) is 81.0 cm³/mol. The Balaban J connectivity index is 1.61. The molecule has 2 N–H and O–H groups in total. The summed E-state index contributed by atoms with van der Waals surface area (Å²) in [6, 6.07) is 1.31. The van der Waals surface area contributed by atoms with Crippen LogP contribution in [0.3, 0.4) is 0 Å². The van der Waals surface area contributed by atoms with Gasteiger partial charge in [-0.1, -0.05) is 33.1 Å². The van der Waals surface area contributed by atoms with Crippen molar-refractivity contribution in [2.75, 3.05) is 13.1 Å². The third-order valence-electron chi connectivity index (χ3n) is 6.40. The average Bonchev–Trinajstić information content (AvgIpc) is 2.79. The number of rotatable bonds is 2. The van der Waals surface area contributed by atoms with Gasteiger partial charge in [0.05, 0.1) is 0 Å². The zero-order valence-electron chi connectivity index (χ0n) is 12.9. The summed E-state index contributed by atoms with van der Waals surface area (Å²) in [4.78, 5) is 2.82. The van der Waals surface area contributed by atoms with E-state index in [0.717, 1.165) is 17.9 Å². The number of nitrogens with zero attached hydrogens (tertiary/aromatic N) is 1. The minimum absolute atomic E-state index is 0.356. The lowest BCUT2D eigenvalue weighted by atomic mass is 9.68. The van der Waals surface area contributed by atoms with Gasteiger partial charge < -0.3 is 5.73 Å². The molecule has 0 aromatic heterocycles. The zero-order valence-corrected chi connectivity index (χ0v) is 12.9. The number of likely N-dealkylation sites (tertiary alicyclic amines) is 1. The second-order valence-corrected chi connectivity index (χ2v) is 8.06. The molecule has 110 valence electrons. The first-order chi connectivity index (χ1) is 9.08. The topological polar surface area (TPSA) is 29.3 Å². The van der Waals surface area contributed by atoms with E-state index in [2.05, 4.69) is 18.7 Å². The van der Waals surface area contributed by atoms with Crippen LogP contribution < -0.4 is 5.73 Å². The molecule has 0 aromatic carbocycles. The Morgan fingerprint density at radius 3 is 2.68 bits per heavy atom.